The highest BCUT2D eigenvalue weighted by atomic mass is 16.2. The maximum Gasteiger partial charge on any atom is 0.260 e. The maximum absolute atomic E-state index is 13.5. The van der Waals surface area contributed by atoms with E-state index in [2.05, 4.69) is 25.9 Å². The number of nitrogens with one attached hydrogen (secondary N) is 3. The predicted octanol–water partition coefficient (Wildman–Crippen LogP) is 4.67. The van der Waals surface area contributed by atoms with Gasteiger partial charge in [-0.25, -0.2) is 9.97 Å². The molecule has 8 nitrogen and oxygen atoms in total. The number of pyridine rings is 2. The van der Waals surface area contributed by atoms with Gasteiger partial charge in [0.15, 0.2) is 5.82 Å². The van der Waals surface area contributed by atoms with Gasteiger partial charge in [-0.05, 0) is 48.0 Å². The average Bonchev–Trinajstić information content (AvgIpc) is 3.05. The molecule has 0 saturated heterocycles. The zero-order valence-electron chi connectivity index (χ0n) is 18.4. The van der Waals surface area contributed by atoms with Crippen LogP contribution in [0, 0.1) is 0 Å². The monoisotopic (exact) mass is 450 g/mol. The van der Waals surface area contributed by atoms with E-state index < -0.39 is 0 Å². The molecule has 0 unspecified atom stereocenters. The van der Waals surface area contributed by atoms with E-state index in [4.69, 9.17) is 0 Å². The van der Waals surface area contributed by atoms with E-state index in [9.17, 15) is 9.59 Å². The first kappa shape index (κ1) is 21.1. The Labute approximate surface area is 196 Å². The van der Waals surface area contributed by atoms with Gasteiger partial charge in [0.05, 0.1) is 23.4 Å². The third kappa shape index (κ3) is 4.04. The SMILES string of the molecule is CNc1ccccc1C(=O)Nc1ccc(C(=O)N2Cc3ccccc3Nc3ncccc32)cn1. The lowest BCUT2D eigenvalue weighted by Gasteiger charge is -2.22. The molecule has 2 amide bonds. The largest absolute Gasteiger partial charge is 0.387 e. The number of rotatable bonds is 4. The molecule has 0 bridgehead atoms. The van der Waals surface area contributed by atoms with Crippen LogP contribution in [0.3, 0.4) is 0 Å². The number of nitrogens with zero attached hydrogens (tertiary/aromatic N) is 3. The Kier molecular flexibility index (Phi) is 5.61. The summed E-state index contributed by atoms with van der Waals surface area (Å²) < 4.78 is 0. The average molecular weight is 451 g/mol. The summed E-state index contributed by atoms with van der Waals surface area (Å²) in [4.78, 5) is 36.6. The summed E-state index contributed by atoms with van der Waals surface area (Å²) >= 11 is 0. The van der Waals surface area contributed by atoms with E-state index in [1.807, 2.05) is 42.5 Å². The highest BCUT2D eigenvalue weighted by molar-refractivity contribution is 6.09. The minimum atomic E-state index is -0.285. The van der Waals surface area contributed by atoms with Gasteiger partial charge < -0.3 is 20.9 Å². The highest BCUT2D eigenvalue weighted by Crippen LogP contribution is 2.34. The van der Waals surface area contributed by atoms with Crippen LogP contribution in [-0.2, 0) is 6.54 Å². The van der Waals surface area contributed by atoms with Crippen LogP contribution >= 0.6 is 0 Å². The van der Waals surface area contributed by atoms with Crippen molar-refractivity contribution < 1.29 is 9.59 Å². The molecule has 0 aliphatic carbocycles. The molecule has 0 radical (unpaired) electrons. The fourth-order valence-corrected chi connectivity index (χ4v) is 3.89. The number of carbonyl (C=O) groups is 2. The smallest absolute Gasteiger partial charge is 0.260 e. The van der Waals surface area contributed by atoms with Crippen molar-refractivity contribution in [2.75, 3.05) is 27.9 Å². The van der Waals surface area contributed by atoms with E-state index >= 15 is 0 Å². The number of fused-ring (bicyclic) bond motifs is 2. The van der Waals surface area contributed by atoms with Gasteiger partial charge in [0.25, 0.3) is 11.8 Å². The molecule has 3 heterocycles. The van der Waals surface area contributed by atoms with Crippen molar-refractivity contribution in [1.29, 1.82) is 0 Å². The number of hydrogen-bond donors (Lipinski definition) is 3. The van der Waals surface area contributed by atoms with Crippen molar-refractivity contribution in [2.24, 2.45) is 0 Å². The lowest BCUT2D eigenvalue weighted by Crippen LogP contribution is -2.30. The van der Waals surface area contributed by atoms with Crippen molar-refractivity contribution >= 4 is 40.5 Å². The summed E-state index contributed by atoms with van der Waals surface area (Å²) in [5.74, 6) is 0.476. The molecule has 1 aliphatic heterocycles. The van der Waals surface area contributed by atoms with Crippen molar-refractivity contribution in [3.8, 4) is 0 Å². The third-order valence-electron chi connectivity index (χ3n) is 5.61. The summed E-state index contributed by atoms with van der Waals surface area (Å²) in [6.45, 7) is 0.389. The number of benzene rings is 2. The fraction of sp³-hybridized carbons (Fsp3) is 0.0769. The minimum absolute atomic E-state index is 0.210. The number of para-hydroxylation sites is 2. The van der Waals surface area contributed by atoms with Gasteiger partial charge in [-0.15, -0.1) is 0 Å². The van der Waals surface area contributed by atoms with Crippen LogP contribution in [0.2, 0.25) is 0 Å². The molecule has 8 heteroatoms. The van der Waals surface area contributed by atoms with E-state index in [1.165, 1.54) is 6.20 Å². The van der Waals surface area contributed by atoms with Gasteiger partial charge >= 0.3 is 0 Å². The standard InChI is InChI=1S/C26H22N6O2/c1-27-21-10-5-3-8-19(21)25(33)31-23-13-12-17(15-29-23)26(34)32-16-18-7-2-4-9-20(18)30-24-22(32)11-6-14-28-24/h2-15,27H,16H2,1H3,(H,28,30)(H,29,31,33). The van der Waals surface area contributed by atoms with Crippen molar-refractivity contribution in [1.82, 2.24) is 9.97 Å². The van der Waals surface area contributed by atoms with E-state index in [1.54, 1.807) is 48.5 Å². The van der Waals surface area contributed by atoms with Crippen LogP contribution in [0.4, 0.5) is 28.7 Å². The molecule has 0 fully saturated rings. The first-order valence-corrected chi connectivity index (χ1v) is 10.8. The second kappa shape index (κ2) is 9.03. The van der Waals surface area contributed by atoms with Crippen LogP contribution in [0.1, 0.15) is 26.3 Å². The third-order valence-corrected chi connectivity index (χ3v) is 5.61. The second-order valence-electron chi connectivity index (χ2n) is 7.73. The topological polar surface area (TPSA) is 99.2 Å². The molecule has 0 spiro atoms. The number of carbonyl (C=O) groups excluding carboxylic acids is 2. The predicted molar refractivity (Wildman–Crippen MR) is 133 cm³/mol. The summed E-state index contributed by atoms with van der Waals surface area (Å²) in [5.41, 5.74) is 4.21. The lowest BCUT2D eigenvalue weighted by atomic mass is 10.1. The van der Waals surface area contributed by atoms with Crippen LogP contribution in [0.5, 0.6) is 0 Å². The van der Waals surface area contributed by atoms with Gasteiger partial charge in [0.1, 0.15) is 5.82 Å². The Balaban J connectivity index is 1.39. The molecule has 1 aliphatic rings. The Morgan fingerprint density at radius 2 is 1.76 bits per heavy atom. The van der Waals surface area contributed by atoms with Gasteiger partial charge in [-0.1, -0.05) is 30.3 Å². The number of amides is 2. The molecule has 3 N–H and O–H groups in total. The lowest BCUT2D eigenvalue weighted by molar-refractivity contribution is 0.0984. The zero-order valence-corrected chi connectivity index (χ0v) is 18.4. The van der Waals surface area contributed by atoms with Crippen molar-refractivity contribution in [2.45, 2.75) is 6.54 Å². The molecule has 4 aromatic rings. The molecular formula is C26H22N6O2. The van der Waals surface area contributed by atoms with Gasteiger partial charge in [0.2, 0.25) is 0 Å². The minimum Gasteiger partial charge on any atom is -0.387 e. The fourth-order valence-electron chi connectivity index (χ4n) is 3.89. The Morgan fingerprint density at radius 1 is 0.941 bits per heavy atom. The maximum atomic E-state index is 13.5. The molecular weight excluding hydrogens is 428 g/mol. The molecule has 34 heavy (non-hydrogen) atoms. The van der Waals surface area contributed by atoms with E-state index in [0.29, 0.717) is 40.7 Å². The van der Waals surface area contributed by atoms with Crippen molar-refractivity contribution in [3.63, 3.8) is 0 Å². The highest BCUT2D eigenvalue weighted by Gasteiger charge is 2.25. The molecule has 168 valence electrons. The van der Waals surface area contributed by atoms with Crippen molar-refractivity contribution in [3.05, 3.63) is 102 Å². The Bertz CT molecular complexity index is 1370. The van der Waals surface area contributed by atoms with Gasteiger partial charge in [0, 0.05) is 30.8 Å². The molecule has 0 saturated carbocycles. The number of aromatic nitrogens is 2. The number of anilines is 5. The normalized spacial score (nSPS) is 12.0. The first-order valence-electron chi connectivity index (χ1n) is 10.8. The van der Waals surface area contributed by atoms with Crippen LogP contribution in [0.25, 0.3) is 0 Å². The summed E-state index contributed by atoms with van der Waals surface area (Å²) in [6.07, 6.45) is 3.16. The van der Waals surface area contributed by atoms with Gasteiger partial charge in [-0.3, -0.25) is 9.59 Å². The summed E-state index contributed by atoms with van der Waals surface area (Å²) in [6, 6.07) is 22.0. The first-order chi connectivity index (χ1) is 16.6. The molecule has 0 atom stereocenters. The molecule has 2 aromatic heterocycles. The Morgan fingerprint density at radius 3 is 2.59 bits per heavy atom. The van der Waals surface area contributed by atoms with Crippen LogP contribution in [-0.4, -0.2) is 28.8 Å². The Hall–Kier alpha value is -4.72. The quantitative estimate of drug-likeness (QED) is 0.418. The van der Waals surface area contributed by atoms with Crippen LogP contribution in [0.15, 0.2) is 85.2 Å². The number of hydrogen-bond acceptors (Lipinski definition) is 6. The zero-order chi connectivity index (χ0) is 23.5. The molecule has 5 rings (SSSR count). The van der Waals surface area contributed by atoms with E-state index in [-0.39, 0.29) is 11.8 Å². The summed E-state index contributed by atoms with van der Waals surface area (Å²) in [5, 5.41) is 9.11. The molecule has 2 aromatic carbocycles. The van der Waals surface area contributed by atoms with Gasteiger partial charge in [-0.2, -0.15) is 0 Å². The second-order valence-corrected chi connectivity index (χ2v) is 7.73. The summed E-state index contributed by atoms with van der Waals surface area (Å²) in [7, 11) is 1.76. The van der Waals surface area contributed by atoms with E-state index in [0.717, 1.165) is 11.3 Å². The van der Waals surface area contributed by atoms with Crippen LogP contribution < -0.4 is 20.9 Å².